The number of aromatic nitrogens is 1. The summed E-state index contributed by atoms with van der Waals surface area (Å²) in [5, 5.41) is 12.6. The number of hydrogen-bond donors (Lipinski definition) is 2. The highest BCUT2D eigenvalue weighted by atomic mass is 19.1. The molecule has 2 aliphatic rings. The molecule has 6 nitrogen and oxygen atoms in total. The van der Waals surface area contributed by atoms with Crippen LogP contribution in [-0.2, 0) is 6.54 Å². The Bertz CT molecular complexity index is 887. The SMILES string of the molecule is C=C(NC1CC1)c1nccc2c1CN(C(C)C(/C=N\CCF)=C/C(C)=C/O)C2=O. The molecule has 1 aliphatic carbocycles. The molecule has 1 fully saturated rings. The van der Waals surface area contributed by atoms with Crippen LogP contribution in [-0.4, -0.2) is 52.4 Å². The summed E-state index contributed by atoms with van der Waals surface area (Å²) in [6, 6.07) is 1.87. The van der Waals surface area contributed by atoms with Gasteiger partial charge in [0.15, 0.2) is 0 Å². The van der Waals surface area contributed by atoms with E-state index in [0.29, 0.717) is 29.3 Å². The highest BCUT2D eigenvalue weighted by Gasteiger charge is 2.35. The lowest BCUT2D eigenvalue weighted by atomic mass is 10.1. The first-order chi connectivity index (χ1) is 14.0. The molecule has 1 aliphatic heterocycles. The van der Waals surface area contributed by atoms with Crippen molar-refractivity contribution in [1.82, 2.24) is 15.2 Å². The van der Waals surface area contributed by atoms with Crippen LogP contribution in [0.4, 0.5) is 4.39 Å². The van der Waals surface area contributed by atoms with Crippen LogP contribution >= 0.6 is 0 Å². The minimum Gasteiger partial charge on any atom is -0.515 e. The number of aliphatic imine (C=N–C) groups is 1. The van der Waals surface area contributed by atoms with Gasteiger partial charge in [-0.2, -0.15) is 0 Å². The van der Waals surface area contributed by atoms with Crippen molar-refractivity contribution in [1.29, 1.82) is 0 Å². The van der Waals surface area contributed by atoms with Crippen LogP contribution in [0, 0.1) is 0 Å². The maximum absolute atomic E-state index is 13.1. The number of rotatable bonds is 9. The first-order valence-electron chi connectivity index (χ1n) is 9.79. The molecular weight excluding hydrogens is 371 g/mol. The molecule has 1 aromatic rings. The Morgan fingerprint density at radius 1 is 1.55 bits per heavy atom. The fraction of sp³-hybridized carbons (Fsp3) is 0.409. The zero-order valence-electron chi connectivity index (χ0n) is 16.9. The Morgan fingerprint density at radius 3 is 2.97 bits per heavy atom. The van der Waals surface area contributed by atoms with Crippen molar-refractivity contribution in [2.24, 2.45) is 4.99 Å². The quantitative estimate of drug-likeness (QED) is 0.379. The molecule has 1 atom stereocenters. The van der Waals surface area contributed by atoms with E-state index in [9.17, 15) is 14.3 Å². The van der Waals surface area contributed by atoms with E-state index in [1.807, 2.05) is 6.92 Å². The summed E-state index contributed by atoms with van der Waals surface area (Å²) < 4.78 is 12.5. The summed E-state index contributed by atoms with van der Waals surface area (Å²) in [7, 11) is 0. The third-order valence-corrected chi connectivity index (χ3v) is 5.12. The maximum atomic E-state index is 13.1. The van der Waals surface area contributed by atoms with Crippen LogP contribution in [0.2, 0.25) is 0 Å². The number of nitrogens with zero attached hydrogens (tertiary/aromatic N) is 3. The van der Waals surface area contributed by atoms with Crippen molar-refractivity contribution in [3.05, 3.63) is 59.1 Å². The molecule has 0 radical (unpaired) electrons. The predicted molar refractivity (Wildman–Crippen MR) is 113 cm³/mol. The maximum Gasteiger partial charge on any atom is 0.255 e. The normalized spacial score (nSPS) is 18.3. The zero-order chi connectivity index (χ0) is 21.0. The van der Waals surface area contributed by atoms with E-state index in [1.165, 1.54) is 0 Å². The van der Waals surface area contributed by atoms with Crippen molar-refractivity contribution in [3.63, 3.8) is 0 Å². The number of allylic oxidation sites excluding steroid dienone is 2. The smallest absolute Gasteiger partial charge is 0.255 e. The van der Waals surface area contributed by atoms with Crippen molar-refractivity contribution >= 4 is 17.8 Å². The van der Waals surface area contributed by atoms with Crippen LogP contribution in [0.5, 0.6) is 0 Å². The fourth-order valence-corrected chi connectivity index (χ4v) is 3.33. The lowest BCUT2D eigenvalue weighted by molar-refractivity contribution is 0.0745. The molecule has 1 unspecified atom stereocenters. The molecule has 2 heterocycles. The largest absolute Gasteiger partial charge is 0.515 e. The summed E-state index contributed by atoms with van der Waals surface area (Å²) in [6.07, 6.45) is 8.19. The number of aliphatic hydroxyl groups is 1. The molecule has 1 aromatic heterocycles. The standard InChI is InChI=1S/C22H27FN4O2/c1-14(13-28)10-17(11-24-9-7-23)16(3)27-12-20-19(22(27)29)6-8-25-21(20)15(2)26-18-4-5-18/h6,8,10-11,13,16,18,26,28H,2,4-5,7,9,12H2,1,3H3/b14-13+,17-10+,24-11-. The van der Waals surface area contributed by atoms with E-state index in [1.54, 1.807) is 36.4 Å². The van der Waals surface area contributed by atoms with E-state index < -0.39 is 6.67 Å². The Hall–Kier alpha value is -2.96. The predicted octanol–water partition coefficient (Wildman–Crippen LogP) is 3.58. The number of fused-ring (bicyclic) bond motifs is 1. The number of alkyl halides is 1. The molecule has 29 heavy (non-hydrogen) atoms. The molecule has 3 rings (SSSR count). The number of pyridine rings is 1. The van der Waals surface area contributed by atoms with Gasteiger partial charge in [-0.15, -0.1) is 0 Å². The minimum absolute atomic E-state index is 0.0564. The second-order valence-corrected chi connectivity index (χ2v) is 7.43. The molecule has 0 aromatic carbocycles. The number of amides is 1. The number of aliphatic hydroxyl groups excluding tert-OH is 1. The van der Waals surface area contributed by atoms with Crippen molar-refractivity contribution in [2.45, 2.75) is 45.3 Å². The van der Waals surface area contributed by atoms with Crippen LogP contribution < -0.4 is 5.32 Å². The second kappa shape index (κ2) is 9.03. The average molecular weight is 398 g/mol. The van der Waals surface area contributed by atoms with Crippen molar-refractivity contribution < 1.29 is 14.3 Å². The fourth-order valence-electron chi connectivity index (χ4n) is 3.33. The zero-order valence-corrected chi connectivity index (χ0v) is 16.9. The van der Waals surface area contributed by atoms with Gasteiger partial charge in [0.25, 0.3) is 5.91 Å². The van der Waals surface area contributed by atoms with E-state index in [2.05, 4.69) is 21.9 Å². The van der Waals surface area contributed by atoms with Gasteiger partial charge in [-0.3, -0.25) is 14.8 Å². The van der Waals surface area contributed by atoms with E-state index in [0.717, 1.165) is 36.1 Å². The van der Waals surface area contributed by atoms with Gasteiger partial charge in [-0.1, -0.05) is 6.58 Å². The van der Waals surface area contributed by atoms with Gasteiger partial charge in [-0.25, -0.2) is 4.39 Å². The first kappa shape index (κ1) is 20.8. The highest BCUT2D eigenvalue weighted by Crippen LogP contribution is 2.31. The summed E-state index contributed by atoms with van der Waals surface area (Å²) >= 11 is 0. The van der Waals surface area contributed by atoms with Crippen LogP contribution in [0.15, 0.2) is 47.3 Å². The average Bonchev–Trinajstić information content (AvgIpc) is 3.47. The molecule has 0 bridgehead atoms. The number of nitrogens with one attached hydrogen (secondary N) is 1. The van der Waals surface area contributed by atoms with Crippen molar-refractivity contribution in [2.75, 3.05) is 13.2 Å². The summed E-state index contributed by atoms with van der Waals surface area (Å²) in [4.78, 5) is 23.4. The molecule has 0 spiro atoms. The van der Waals surface area contributed by atoms with E-state index >= 15 is 0 Å². The van der Waals surface area contributed by atoms with Gasteiger partial charge in [0.1, 0.15) is 6.67 Å². The Balaban J connectivity index is 1.87. The number of halogens is 1. The minimum atomic E-state index is -0.549. The summed E-state index contributed by atoms with van der Waals surface area (Å²) in [5.74, 6) is -0.0919. The first-order valence-corrected chi connectivity index (χ1v) is 9.79. The third-order valence-electron chi connectivity index (χ3n) is 5.12. The second-order valence-electron chi connectivity index (χ2n) is 7.43. The van der Waals surface area contributed by atoms with Crippen LogP contribution in [0.3, 0.4) is 0 Å². The summed E-state index contributed by atoms with van der Waals surface area (Å²) in [6.45, 7) is 7.65. The molecule has 0 saturated heterocycles. The van der Waals surface area contributed by atoms with Gasteiger partial charge in [0, 0.05) is 36.1 Å². The Labute approximate surface area is 170 Å². The Kier molecular flexibility index (Phi) is 6.46. The van der Waals surface area contributed by atoms with Gasteiger partial charge >= 0.3 is 0 Å². The van der Waals surface area contributed by atoms with Gasteiger partial charge in [0.2, 0.25) is 0 Å². The molecule has 1 saturated carbocycles. The number of hydrogen-bond acceptors (Lipinski definition) is 5. The Morgan fingerprint density at radius 2 is 2.31 bits per heavy atom. The van der Waals surface area contributed by atoms with Crippen LogP contribution in [0.1, 0.15) is 48.3 Å². The van der Waals surface area contributed by atoms with Gasteiger partial charge in [0.05, 0.1) is 30.2 Å². The molecular formula is C22H27FN4O2. The molecule has 7 heteroatoms. The lowest BCUT2D eigenvalue weighted by Crippen LogP contribution is -2.35. The summed E-state index contributed by atoms with van der Waals surface area (Å²) in [5.41, 5.74) is 4.28. The molecule has 1 amide bonds. The number of carbonyl (C=O) groups is 1. The number of carbonyl (C=O) groups excluding carboxylic acids is 1. The van der Waals surface area contributed by atoms with E-state index in [-0.39, 0.29) is 18.5 Å². The van der Waals surface area contributed by atoms with Crippen molar-refractivity contribution in [3.8, 4) is 0 Å². The highest BCUT2D eigenvalue weighted by molar-refractivity contribution is 6.00. The third kappa shape index (κ3) is 4.72. The van der Waals surface area contributed by atoms with Gasteiger partial charge < -0.3 is 15.3 Å². The topological polar surface area (TPSA) is 77.8 Å². The van der Waals surface area contributed by atoms with Gasteiger partial charge in [-0.05, 0) is 50.0 Å². The van der Waals surface area contributed by atoms with E-state index in [4.69, 9.17) is 0 Å². The monoisotopic (exact) mass is 398 g/mol. The molecule has 2 N–H and O–H groups in total. The van der Waals surface area contributed by atoms with Crippen LogP contribution in [0.25, 0.3) is 5.70 Å². The lowest BCUT2D eigenvalue weighted by Gasteiger charge is -2.25. The molecule has 154 valence electrons.